The van der Waals surface area contributed by atoms with E-state index in [2.05, 4.69) is 20.1 Å². The van der Waals surface area contributed by atoms with Crippen molar-refractivity contribution in [2.75, 3.05) is 0 Å². The summed E-state index contributed by atoms with van der Waals surface area (Å²) in [6.45, 7) is -0.255. The Kier molecular flexibility index (Phi) is 5.78. The summed E-state index contributed by atoms with van der Waals surface area (Å²) in [5.74, 6) is -1.72. The predicted octanol–water partition coefficient (Wildman–Crippen LogP) is 6.09. The molecule has 5 rings (SSSR count). The summed E-state index contributed by atoms with van der Waals surface area (Å²) in [5.41, 5.74) is -0.930. The highest BCUT2D eigenvalue weighted by Crippen LogP contribution is 2.40. The van der Waals surface area contributed by atoms with Crippen LogP contribution in [-0.4, -0.2) is 30.5 Å². The average Bonchev–Trinajstić information content (AvgIpc) is 3.45. The normalized spacial score (nSPS) is 11.8. The minimum absolute atomic E-state index is 0.0546. The molecule has 0 spiro atoms. The molecule has 0 saturated carbocycles. The van der Waals surface area contributed by atoms with E-state index in [1.54, 1.807) is 12.1 Å². The lowest BCUT2D eigenvalue weighted by atomic mass is 10.1. The molecule has 5 aromatic rings. The van der Waals surface area contributed by atoms with Crippen LogP contribution in [0.15, 0.2) is 65.6 Å². The van der Waals surface area contributed by atoms with Crippen molar-refractivity contribution in [3.8, 4) is 11.5 Å². The molecule has 7 nitrogen and oxygen atoms in total. The highest BCUT2D eigenvalue weighted by atomic mass is 35.5. The Morgan fingerprint density at radius 3 is 2.60 bits per heavy atom. The van der Waals surface area contributed by atoms with Crippen LogP contribution in [0.1, 0.15) is 27.5 Å². The van der Waals surface area contributed by atoms with E-state index >= 15 is 0 Å². The van der Waals surface area contributed by atoms with Crippen LogP contribution < -0.4 is 0 Å². The van der Waals surface area contributed by atoms with E-state index in [4.69, 9.17) is 27.7 Å². The van der Waals surface area contributed by atoms with E-state index in [-0.39, 0.29) is 34.0 Å². The van der Waals surface area contributed by atoms with Crippen molar-refractivity contribution in [3.05, 3.63) is 93.8 Å². The first-order valence-corrected chi connectivity index (χ1v) is 10.8. The van der Waals surface area contributed by atoms with Crippen molar-refractivity contribution in [2.45, 2.75) is 12.7 Å². The van der Waals surface area contributed by atoms with Crippen LogP contribution in [0.4, 0.5) is 13.2 Å². The fourth-order valence-corrected chi connectivity index (χ4v) is 4.23. The number of carbonyl (C=O) groups excluding carboxylic acids is 1. The molecule has 176 valence electrons. The Morgan fingerprint density at radius 2 is 1.89 bits per heavy atom. The molecule has 0 aliphatic rings. The number of para-hydroxylation sites is 1. The number of benzene rings is 2. The van der Waals surface area contributed by atoms with Gasteiger partial charge in [-0.15, -0.1) is 0 Å². The number of fused-ring (bicyclic) bond motifs is 1. The Balaban J connectivity index is 1.68. The van der Waals surface area contributed by atoms with Crippen molar-refractivity contribution >= 4 is 39.9 Å². The number of hydrogen-bond donors (Lipinski definition) is 0. The van der Waals surface area contributed by atoms with Gasteiger partial charge in [0, 0.05) is 33.7 Å². The zero-order valence-electron chi connectivity index (χ0n) is 17.4. The molecule has 2 aromatic carbocycles. The van der Waals surface area contributed by atoms with Gasteiger partial charge in [0.15, 0.2) is 0 Å². The van der Waals surface area contributed by atoms with Gasteiger partial charge in [0.25, 0.3) is 11.7 Å². The highest BCUT2D eigenvalue weighted by molar-refractivity contribution is 6.35. The predicted molar refractivity (Wildman–Crippen MR) is 121 cm³/mol. The second-order valence-electron chi connectivity index (χ2n) is 7.41. The summed E-state index contributed by atoms with van der Waals surface area (Å²) < 4.78 is 49.4. The van der Waals surface area contributed by atoms with Crippen molar-refractivity contribution in [2.24, 2.45) is 0 Å². The van der Waals surface area contributed by atoms with Gasteiger partial charge in [0.2, 0.25) is 5.82 Å². The van der Waals surface area contributed by atoms with E-state index in [1.807, 2.05) is 0 Å². The van der Waals surface area contributed by atoms with E-state index in [1.165, 1.54) is 48.9 Å². The molecule has 3 aromatic heterocycles. The molecule has 12 heteroatoms. The van der Waals surface area contributed by atoms with Crippen LogP contribution >= 0.6 is 23.2 Å². The van der Waals surface area contributed by atoms with E-state index in [0.29, 0.717) is 10.6 Å². The van der Waals surface area contributed by atoms with Crippen LogP contribution in [-0.2, 0) is 12.7 Å². The quantitative estimate of drug-likeness (QED) is 0.262. The van der Waals surface area contributed by atoms with Gasteiger partial charge >= 0.3 is 6.18 Å². The topological polar surface area (TPSA) is 86.7 Å². The maximum atomic E-state index is 14.4. The molecule has 0 amide bonds. The molecule has 0 bridgehead atoms. The number of aromatic nitrogens is 5. The van der Waals surface area contributed by atoms with Gasteiger partial charge < -0.3 is 9.09 Å². The van der Waals surface area contributed by atoms with Gasteiger partial charge in [0.1, 0.15) is 17.7 Å². The molecule has 3 heterocycles. The zero-order chi connectivity index (χ0) is 24.7. The van der Waals surface area contributed by atoms with E-state index < -0.39 is 29.1 Å². The number of nitrogens with zero attached hydrogens (tertiary/aromatic N) is 5. The molecule has 0 atom stereocenters. The molecule has 0 aliphatic heterocycles. The third-order valence-corrected chi connectivity index (χ3v) is 5.83. The summed E-state index contributed by atoms with van der Waals surface area (Å²) in [4.78, 5) is 25.1. The Bertz CT molecular complexity index is 1560. The summed E-state index contributed by atoms with van der Waals surface area (Å²) in [6.07, 6.45) is -2.22. The lowest BCUT2D eigenvalue weighted by molar-refractivity contribution is -0.143. The van der Waals surface area contributed by atoms with Crippen molar-refractivity contribution in [1.29, 1.82) is 0 Å². The van der Waals surface area contributed by atoms with Crippen LogP contribution in [0.25, 0.3) is 22.4 Å². The minimum Gasteiger partial charge on any atom is -0.332 e. The third kappa shape index (κ3) is 4.26. The molecule has 0 saturated heterocycles. The van der Waals surface area contributed by atoms with Crippen LogP contribution in [0.2, 0.25) is 10.0 Å². The van der Waals surface area contributed by atoms with Crippen molar-refractivity contribution in [1.82, 2.24) is 24.7 Å². The summed E-state index contributed by atoms with van der Waals surface area (Å²) in [6, 6.07) is 12.0. The lowest BCUT2D eigenvalue weighted by Crippen LogP contribution is -2.19. The number of carbonyl (C=O) groups is 1. The summed E-state index contributed by atoms with van der Waals surface area (Å²) in [7, 11) is 0. The molecule has 0 radical (unpaired) electrons. The first kappa shape index (κ1) is 23.0. The number of halogens is 5. The summed E-state index contributed by atoms with van der Waals surface area (Å²) >= 11 is 12.2. The Morgan fingerprint density at radius 1 is 1.09 bits per heavy atom. The molecule has 0 unspecified atom stereocenters. The van der Waals surface area contributed by atoms with E-state index in [0.717, 1.165) is 4.57 Å². The number of ketones is 1. The third-order valence-electron chi connectivity index (χ3n) is 5.24. The maximum absolute atomic E-state index is 14.4. The lowest BCUT2D eigenvalue weighted by Gasteiger charge is -2.15. The molecular weight excluding hydrogens is 506 g/mol. The van der Waals surface area contributed by atoms with Crippen molar-refractivity contribution < 1.29 is 22.5 Å². The smallest absolute Gasteiger partial charge is 0.332 e. The fraction of sp³-hybridized carbons (Fsp3) is 0.0870. The number of alkyl halides is 3. The Labute approximate surface area is 205 Å². The van der Waals surface area contributed by atoms with Crippen LogP contribution in [0.3, 0.4) is 0 Å². The first-order chi connectivity index (χ1) is 16.7. The number of hydrogen-bond acceptors (Lipinski definition) is 6. The molecule has 0 N–H and O–H groups in total. The number of rotatable bonds is 5. The second kappa shape index (κ2) is 8.79. The van der Waals surface area contributed by atoms with Gasteiger partial charge in [-0.1, -0.05) is 52.6 Å². The Hall–Kier alpha value is -3.76. The molecule has 0 fully saturated rings. The van der Waals surface area contributed by atoms with Crippen LogP contribution in [0.5, 0.6) is 0 Å². The van der Waals surface area contributed by atoms with Gasteiger partial charge in [-0.3, -0.25) is 4.79 Å². The zero-order valence-corrected chi connectivity index (χ0v) is 18.9. The summed E-state index contributed by atoms with van der Waals surface area (Å²) in [5, 5.41) is 4.31. The van der Waals surface area contributed by atoms with Crippen molar-refractivity contribution in [3.63, 3.8) is 0 Å². The van der Waals surface area contributed by atoms with Gasteiger partial charge in [-0.25, -0.2) is 9.97 Å². The second-order valence-corrected chi connectivity index (χ2v) is 8.25. The SMILES string of the molecule is O=C(c1nc(-c2ccncn2)no1)c1c(C(F)(F)F)n(Cc2ccc(Cl)cc2Cl)c2ccccc12. The molecular formula is C23H12Cl2F3N5O2. The maximum Gasteiger partial charge on any atom is 0.432 e. The van der Waals surface area contributed by atoms with Gasteiger partial charge in [-0.05, 0) is 29.8 Å². The molecule has 0 aliphatic carbocycles. The minimum atomic E-state index is -4.89. The average molecular weight is 518 g/mol. The standard InChI is InChI=1S/C23H12Cl2F3N5O2/c24-13-6-5-12(15(25)9-13)10-33-17-4-2-1-3-14(17)18(20(33)23(26,27)28)19(34)22-31-21(32-35-22)16-7-8-29-11-30-16/h1-9,11H,10H2. The van der Waals surface area contributed by atoms with E-state index in [9.17, 15) is 18.0 Å². The van der Waals surface area contributed by atoms with Crippen LogP contribution in [0, 0.1) is 0 Å². The van der Waals surface area contributed by atoms with Gasteiger partial charge in [0.05, 0.1) is 5.56 Å². The highest BCUT2D eigenvalue weighted by Gasteiger charge is 2.42. The largest absolute Gasteiger partial charge is 0.432 e. The molecule has 35 heavy (non-hydrogen) atoms. The first-order valence-electron chi connectivity index (χ1n) is 10.0. The van der Waals surface area contributed by atoms with Gasteiger partial charge in [-0.2, -0.15) is 18.2 Å². The monoisotopic (exact) mass is 517 g/mol. The fourth-order valence-electron chi connectivity index (χ4n) is 3.76.